The smallest absolute Gasteiger partial charge is 0.242 e. The Labute approximate surface area is 190 Å². The number of nitrogens with zero attached hydrogens (tertiary/aromatic N) is 1. The molecule has 6 heteroatoms. The number of hydrogen-bond donors (Lipinski definition) is 2. The van der Waals surface area contributed by atoms with Gasteiger partial charge in [-0.1, -0.05) is 57.2 Å². The Kier molecular flexibility index (Phi) is 8.67. The molecule has 1 fully saturated rings. The molecule has 5 nitrogen and oxygen atoms in total. The minimum atomic E-state index is -0.540. The fraction of sp³-hybridized carbons (Fsp3) is 0.520. The van der Waals surface area contributed by atoms with Gasteiger partial charge in [-0.3, -0.25) is 14.5 Å². The standard InChI is InChI=1S/C25H35N3O2S/c1-18(2)24(27-23(29)16-20-8-5-4-6-9-20)25(30)26-17-21(22-10-7-15-31-22)28-13-11-19(3)12-14-28/h4-10,15,18-19,21,24H,11-14,16-17H2,1-3H3,(H,26,30)(H,27,29)/t21-,24+/m1/s1. The van der Waals surface area contributed by atoms with Gasteiger partial charge < -0.3 is 10.6 Å². The monoisotopic (exact) mass is 441 g/mol. The van der Waals surface area contributed by atoms with E-state index in [0.29, 0.717) is 6.54 Å². The Morgan fingerprint density at radius 3 is 2.42 bits per heavy atom. The first-order valence-corrected chi connectivity index (χ1v) is 12.2. The van der Waals surface area contributed by atoms with Crippen LogP contribution in [0.1, 0.15) is 50.1 Å². The number of benzene rings is 1. The number of rotatable bonds is 9. The average molecular weight is 442 g/mol. The van der Waals surface area contributed by atoms with E-state index in [4.69, 9.17) is 0 Å². The Balaban J connectivity index is 1.60. The first kappa shape index (κ1) is 23.5. The van der Waals surface area contributed by atoms with Gasteiger partial charge in [-0.05, 0) is 54.8 Å². The van der Waals surface area contributed by atoms with Crippen molar-refractivity contribution in [2.24, 2.45) is 11.8 Å². The molecule has 0 bridgehead atoms. The maximum Gasteiger partial charge on any atom is 0.242 e. The van der Waals surface area contributed by atoms with Crippen molar-refractivity contribution in [2.45, 2.75) is 52.1 Å². The van der Waals surface area contributed by atoms with Gasteiger partial charge in [-0.25, -0.2) is 0 Å². The topological polar surface area (TPSA) is 61.4 Å². The average Bonchev–Trinajstić information content (AvgIpc) is 3.28. The maximum absolute atomic E-state index is 13.0. The summed E-state index contributed by atoms with van der Waals surface area (Å²) in [5.74, 6) is 0.541. The Bertz CT molecular complexity index is 815. The molecule has 0 unspecified atom stereocenters. The van der Waals surface area contributed by atoms with Crippen LogP contribution >= 0.6 is 11.3 Å². The molecule has 31 heavy (non-hydrogen) atoms. The molecule has 3 rings (SSSR count). The van der Waals surface area contributed by atoms with Crippen LogP contribution < -0.4 is 10.6 Å². The largest absolute Gasteiger partial charge is 0.352 e. The fourth-order valence-corrected chi connectivity index (χ4v) is 4.94. The third-order valence-corrected chi connectivity index (χ3v) is 7.05. The van der Waals surface area contributed by atoms with Crippen molar-refractivity contribution in [3.63, 3.8) is 0 Å². The molecule has 2 N–H and O–H groups in total. The van der Waals surface area contributed by atoms with Crippen molar-refractivity contribution in [1.29, 1.82) is 0 Å². The molecule has 1 aromatic carbocycles. The van der Waals surface area contributed by atoms with Crippen LogP contribution in [0.5, 0.6) is 0 Å². The van der Waals surface area contributed by atoms with Crippen molar-refractivity contribution in [1.82, 2.24) is 15.5 Å². The molecule has 1 aromatic heterocycles. The summed E-state index contributed by atoms with van der Waals surface area (Å²) in [5.41, 5.74) is 0.944. The summed E-state index contributed by atoms with van der Waals surface area (Å²) >= 11 is 1.74. The number of hydrogen-bond acceptors (Lipinski definition) is 4. The first-order valence-electron chi connectivity index (χ1n) is 11.3. The molecule has 1 aliphatic heterocycles. The number of amides is 2. The van der Waals surface area contributed by atoms with E-state index in [0.717, 1.165) is 24.6 Å². The Morgan fingerprint density at radius 2 is 1.81 bits per heavy atom. The van der Waals surface area contributed by atoms with Gasteiger partial charge in [0.25, 0.3) is 0 Å². The van der Waals surface area contributed by atoms with E-state index < -0.39 is 6.04 Å². The van der Waals surface area contributed by atoms with Gasteiger partial charge in [-0.15, -0.1) is 11.3 Å². The van der Waals surface area contributed by atoms with Gasteiger partial charge in [0.05, 0.1) is 12.5 Å². The summed E-state index contributed by atoms with van der Waals surface area (Å²) in [6.07, 6.45) is 2.67. The van der Waals surface area contributed by atoms with Gasteiger partial charge in [0.1, 0.15) is 6.04 Å². The lowest BCUT2D eigenvalue weighted by Gasteiger charge is -2.36. The third kappa shape index (κ3) is 6.91. The van der Waals surface area contributed by atoms with Gasteiger partial charge >= 0.3 is 0 Å². The van der Waals surface area contributed by atoms with Gasteiger partial charge in [0.2, 0.25) is 11.8 Å². The van der Waals surface area contributed by atoms with E-state index in [1.165, 1.54) is 17.7 Å². The van der Waals surface area contributed by atoms with Crippen molar-refractivity contribution >= 4 is 23.2 Å². The van der Waals surface area contributed by atoms with E-state index in [1.807, 2.05) is 44.2 Å². The molecule has 2 amide bonds. The Hall–Kier alpha value is -2.18. The van der Waals surface area contributed by atoms with Crippen LogP contribution in [0.15, 0.2) is 47.8 Å². The molecule has 1 aliphatic rings. The molecule has 2 aromatic rings. The summed E-state index contributed by atoms with van der Waals surface area (Å²) in [6, 6.07) is 13.5. The van der Waals surface area contributed by atoms with E-state index in [1.54, 1.807) is 11.3 Å². The van der Waals surface area contributed by atoms with Crippen LogP contribution in [0, 0.1) is 11.8 Å². The highest BCUT2D eigenvalue weighted by atomic mass is 32.1. The van der Waals surface area contributed by atoms with Crippen LogP contribution in [-0.4, -0.2) is 42.4 Å². The molecular formula is C25H35N3O2S. The number of carbonyl (C=O) groups is 2. The predicted octanol–water partition coefficient (Wildman–Crippen LogP) is 4.02. The zero-order chi connectivity index (χ0) is 22.2. The summed E-state index contributed by atoms with van der Waals surface area (Å²) in [5, 5.41) is 8.18. The van der Waals surface area contributed by atoms with Crippen LogP contribution in [0.25, 0.3) is 0 Å². The van der Waals surface area contributed by atoms with Crippen molar-refractivity contribution < 1.29 is 9.59 Å². The molecule has 2 heterocycles. The fourth-order valence-electron chi connectivity index (χ4n) is 4.08. The minimum Gasteiger partial charge on any atom is -0.352 e. The predicted molar refractivity (Wildman–Crippen MR) is 127 cm³/mol. The van der Waals surface area contributed by atoms with Crippen LogP contribution in [0.2, 0.25) is 0 Å². The number of thiophene rings is 1. The van der Waals surface area contributed by atoms with Gasteiger partial charge in [0, 0.05) is 11.4 Å². The number of nitrogens with one attached hydrogen (secondary N) is 2. The second kappa shape index (κ2) is 11.4. The lowest BCUT2D eigenvalue weighted by molar-refractivity contribution is -0.130. The highest BCUT2D eigenvalue weighted by Crippen LogP contribution is 2.29. The highest BCUT2D eigenvalue weighted by Gasteiger charge is 2.28. The molecule has 0 aliphatic carbocycles. The molecule has 0 saturated carbocycles. The van der Waals surface area contributed by atoms with Crippen LogP contribution in [-0.2, 0) is 16.0 Å². The van der Waals surface area contributed by atoms with Crippen LogP contribution in [0.4, 0.5) is 0 Å². The van der Waals surface area contributed by atoms with E-state index >= 15 is 0 Å². The SMILES string of the molecule is CC1CCN([C@H](CNC(=O)[C@@H](NC(=O)Cc2ccccc2)C(C)C)c2cccs2)CC1. The van der Waals surface area contributed by atoms with E-state index in [-0.39, 0.29) is 30.2 Å². The highest BCUT2D eigenvalue weighted by molar-refractivity contribution is 7.10. The van der Waals surface area contributed by atoms with Crippen molar-refractivity contribution in [2.75, 3.05) is 19.6 Å². The number of carbonyl (C=O) groups excluding carboxylic acids is 2. The lowest BCUT2D eigenvalue weighted by atomic mass is 9.97. The van der Waals surface area contributed by atoms with Gasteiger partial charge in [-0.2, -0.15) is 0 Å². The quantitative estimate of drug-likeness (QED) is 0.618. The summed E-state index contributed by atoms with van der Waals surface area (Å²) < 4.78 is 0. The minimum absolute atomic E-state index is 0.00995. The summed E-state index contributed by atoms with van der Waals surface area (Å²) in [4.78, 5) is 29.3. The number of piperidine rings is 1. The third-order valence-electron chi connectivity index (χ3n) is 6.07. The summed E-state index contributed by atoms with van der Waals surface area (Å²) in [7, 11) is 0. The molecule has 0 spiro atoms. The van der Waals surface area contributed by atoms with Gasteiger partial charge in [0.15, 0.2) is 0 Å². The Morgan fingerprint density at radius 1 is 1.10 bits per heavy atom. The normalized spacial score (nSPS) is 17.3. The van der Waals surface area contributed by atoms with Crippen LogP contribution in [0.3, 0.4) is 0 Å². The van der Waals surface area contributed by atoms with E-state index in [2.05, 4.69) is 40.0 Å². The molecular weight excluding hydrogens is 406 g/mol. The molecule has 2 atom stereocenters. The van der Waals surface area contributed by atoms with Crippen molar-refractivity contribution in [3.05, 3.63) is 58.3 Å². The second-order valence-electron chi connectivity index (χ2n) is 8.95. The first-order chi connectivity index (χ1) is 14.9. The zero-order valence-electron chi connectivity index (χ0n) is 18.8. The maximum atomic E-state index is 13.0. The number of likely N-dealkylation sites (tertiary alicyclic amines) is 1. The van der Waals surface area contributed by atoms with Crippen molar-refractivity contribution in [3.8, 4) is 0 Å². The summed E-state index contributed by atoms with van der Waals surface area (Å²) in [6.45, 7) is 8.92. The van der Waals surface area contributed by atoms with E-state index in [9.17, 15) is 9.59 Å². The zero-order valence-corrected chi connectivity index (χ0v) is 19.7. The molecule has 168 valence electrons. The molecule has 1 saturated heterocycles. The molecule has 0 radical (unpaired) electrons. The second-order valence-corrected chi connectivity index (χ2v) is 9.93. The lowest BCUT2D eigenvalue weighted by Crippen LogP contribution is -2.51.